The second-order valence-electron chi connectivity index (χ2n) is 22.3. The number of aromatic nitrogens is 4. The Morgan fingerprint density at radius 2 is 0.978 bits per heavy atom. The summed E-state index contributed by atoms with van der Waals surface area (Å²) in [5.41, 5.74) is 10.6. The summed E-state index contributed by atoms with van der Waals surface area (Å²) < 4.78 is 31.6. The minimum Gasteiger partial charge on any atom is -0.489 e. The van der Waals surface area contributed by atoms with E-state index in [4.69, 9.17) is 38.8 Å². The number of aromatic amines is 1. The van der Waals surface area contributed by atoms with Crippen LogP contribution in [0.25, 0.3) is 55.2 Å². The van der Waals surface area contributed by atoms with Crippen LogP contribution >= 0.6 is 0 Å². The summed E-state index contributed by atoms with van der Waals surface area (Å²) in [6.45, 7) is 20.7. The number of esters is 2. The molecule has 19 heteroatoms. The van der Waals surface area contributed by atoms with Crippen LogP contribution in [-0.2, 0) is 19.1 Å². The van der Waals surface area contributed by atoms with Crippen molar-refractivity contribution in [2.75, 3.05) is 26.3 Å². The highest BCUT2D eigenvalue weighted by molar-refractivity contribution is 6.58. The maximum absolute atomic E-state index is 12.7. The van der Waals surface area contributed by atoms with Crippen LogP contribution in [0.3, 0.4) is 0 Å². The first-order chi connectivity index (χ1) is 43.6. The van der Waals surface area contributed by atoms with E-state index >= 15 is 0 Å². The van der Waals surface area contributed by atoms with Gasteiger partial charge in [0.05, 0.1) is 49.4 Å². The molecule has 2 heterocycles. The third-order valence-electron chi connectivity index (χ3n) is 14.1. The quantitative estimate of drug-likeness (QED) is 0.0333. The van der Waals surface area contributed by atoms with E-state index in [9.17, 15) is 24.0 Å². The lowest BCUT2D eigenvalue weighted by molar-refractivity contribution is -0.143. The number of amides is 2. The number of hydrogen-bond acceptors (Lipinski definition) is 13. The third kappa shape index (κ3) is 18.4. The second kappa shape index (κ2) is 31.3. The van der Waals surface area contributed by atoms with E-state index in [1.165, 1.54) is 40.8 Å². The molecule has 10 aromatic rings. The molecule has 0 spiro atoms. The van der Waals surface area contributed by atoms with E-state index in [0.29, 0.717) is 47.0 Å². The number of rotatable bonds is 21. The first kappa shape index (κ1) is 66.7. The fourth-order valence-electron chi connectivity index (χ4n) is 9.69. The standard InChI is InChI=1S/C36H37N3O5.C24H24N2O2.C12H16BNO5/c1-6-42-34(40)17-18-37-35(41)26-12-14-30(15-13-26)44-36-31(29-11-10-27-19-24(4)7-9-28(27)21-29)22-39(38-36)32-20-25(5)8-16-33(32)43-23(2)3;1-15(2)28-23-10-6-17(4)12-22(23)26-14-21(24(27)25-26)20-9-8-18-11-16(3)5-7-19(18)13-20;1-2-19-11(15)7-8-14-12(16)9-3-5-10(6-4-9)13(17)18/h7-16,19-23H,6,17-18H2,1-5H3,(H,37,41);5-15H,1-4H3,(H,25,27);3-6,17-18H,2,7-8H2,1H3,(H,14,16). The molecule has 5 N–H and O–H groups in total. The van der Waals surface area contributed by atoms with Crippen molar-refractivity contribution in [3.63, 3.8) is 0 Å². The Balaban J connectivity index is 0.000000194. The van der Waals surface area contributed by atoms with Crippen LogP contribution in [0.4, 0.5) is 0 Å². The molecule has 0 saturated carbocycles. The number of carbonyl (C=O) groups excluding carboxylic acids is 4. The van der Waals surface area contributed by atoms with Gasteiger partial charge < -0.3 is 44.4 Å². The smallest absolute Gasteiger partial charge is 0.488 e. The molecule has 0 unspecified atom stereocenters. The van der Waals surface area contributed by atoms with Gasteiger partial charge in [0.25, 0.3) is 17.4 Å². The van der Waals surface area contributed by atoms with Gasteiger partial charge in [0, 0.05) is 36.6 Å². The molecule has 0 aliphatic rings. The molecule has 8 aromatic carbocycles. The van der Waals surface area contributed by atoms with E-state index in [1.54, 1.807) is 47.5 Å². The first-order valence-electron chi connectivity index (χ1n) is 30.2. The van der Waals surface area contributed by atoms with Gasteiger partial charge in [-0.2, -0.15) is 0 Å². The number of H-pyrrole nitrogens is 1. The lowest BCUT2D eigenvalue weighted by atomic mass is 9.80. The Kier molecular flexibility index (Phi) is 22.9. The van der Waals surface area contributed by atoms with E-state index in [-0.39, 0.29) is 67.5 Å². The van der Waals surface area contributed by atoms with E-state index < -0.39 is 7.12 Å². The largest absolute Gasteiger partial charge is 0.489 e. The number of carbonyl (C=O) groups is 4. The van der Waals surface area contributed by atoms with Crippen LogP contribution in [0.1, 0.15) is 97.4 Å². The van der Waals surface area contributed by atoms with Gasteiger partial charge >= 0.3 is 19.1 Å². The van der Waals surface area contributed by atoms with Gasteiger partial charge in [0.1, 0.15) is 28.6 Å². The number of hydrogen-bond donors (Lipinski definition) is 5. The topological polar surface area (TPSA) is 235 Å². The highest BCUT2D eigenvalue weighted by Crippen LogP contribution is 2.37. The molecule has 0 bridgehead atoms. The van der Waals surface area contributed by atoms with Gasteiger partial charge in [-0.3, -0.25) is 33.8 Å². The lowest BCUT2D eigenvalue weighted by Crippen LogP contribution is -2.31. The highest BCUT2D eigenvalue weighted by Gasteiger charge is 2.20. The molecule has 470 valence electrons. The summed E-state index contributed by atoms with van der Waals surface area (Å²) in [5.74, 6) is 1.09. The Labute approximate surface area is 529 Å². The van der Waals surface area contributed by atoms with E-state index in [2.05, 4.69) is 96.3 Å². The summed E-state index contributed by atoms with van der Waals surface area (Å²) in [6, 6.07) is 49.8. The van der Waals surface area contributed by atoms with Crippen molar-refractivity contribution >= 4 is 57.9 Å². The van der Waals surface area contributed by atoms with Crippen LogP contribution in [0.15, 0.2) is 175 Å². The van der Waals surface area contributed by atoms with Gasteiger partial charge in [0.15, 0.2) is 0 Å². The number of nitrogens with one attached hydrogen (secondary N) is 3. The van der Waals surface area contributed by atoms with Crippen LogP contribution < -0.4 is 35.9 Å². The van der Waals surface area contributed by atoms with Crippen molar-refractivity contribution in [2.24, 2.45) is 0 Å². The summed E-state index contributed by atoms with van der Waals surface area (Å²) in [5, 5.41) is 35.5. The van der Waals surface area contributed by atoms with Crippen LogP contribution in [0.2, 0.25) is 0 Å². The molecule has 0 saturated heterocycles. The first-order valence-corrected chi connectivity index (χ1v) is 30.2. The van der Waals surface area contributed by atoms with Crippen molar-refractivity contribution < 1.29 is 52.9 Å². The van der Waals surface area contributed by atoms with Crippen molar-refractivity contribution in [2.45, 2.75) is 94.3 Å². The lowest BCUT2D eigenvalue weighted by Gasteiger charge is -2.15. The van der Waals surface area contributed by atoms with Crippen LogP contribution in [0, 0.1) is 27.7 Å². The molecule has 0 aliphatic heterocycles. The maximum Gasteiger partial charge on any atom is 0.488 e. The average molecular weight is 1230 g/mol. The SMILES string of the molecule is CCOC(=O)CCNC(=O)c1ccc(B(O)O)cc1.CCOC(=O)CCNC(=O)c1ccc(Oc2nn(-c3cc(C)ccc3OC(C)C)cc2-c2ccc3cc(C)ccc3c2)cc1.Cc1ccc(OC(C)C)c(-n2cc(-c3ccc4cc(C)ccc4c3)c(=O)[nH]2)c1. The molecule has 2 amide bonds. The average Bonchev–Trinajstić information content (AvgIpc) is 1.74. The van der Waals surface area contributed by atoms with Gasteiger partial charge in [0.2, 0.25) is 5.88 Å². The summed E-state index contributed by atoms with van der Waals surface area (Å²) >= 11 is 0. The fourth-order valence-corrected chi connectivity index (χ4v) is 9.69. The maximum atomic E-state index is 12.7. The Morgan fingerprint density at radius 1 is 0.538 bits per heavy atom. The molecular formula is C72H77BN6O12. The number of ether oxygens (including phenoxy) is 5. The van der Waals surface area contributed by atoms with Crippen molar-refractivity contribution in [3.8, 4) is 56.8 Å². The van der Waals surface area contributed by atoms with Crippen LogP contribution in [-0.4, -0.2) is 99.0 Å². The second-order valence-corrected chi connectivity index (χ2v) is 22.3. The van der Waals surface area contributed by atoms with Crippen molar-refractivity contribution in [1.82, 2.24) is 30.2 Å². The normalized spacial score (nSPS) is 10.9. The molecule has 10 rings (SSSR count). The molecular weight excluding hydrogens is 1150 g/mol. The number of aryl methyl sites for hydroxylation is 4. The number of benzene rings is 8. The Morgan fingerprint density at radius 3 is 1.47 bits per heavy atom. The molecule has 0 fully saturated rings. The molecule has 0 atom stereocenters. The number of nitrogens with zero attached hydrogens (tertiary/aromatic N) is 3. The predicted octanol–water partition coefficient (Wildman–Crippen LogP) is 12.0. The van der Waals surface area contributed by atoms with Gasteiger partial charge in [-0.15, -0.1) is 5.10 Å². The van der Waals surface area contributed by atoms with Gasteiger partial charge in [-0.05, 0) is 191 Å². The third-order valence-corrected chi connectivity index (χ3v) is 14.1. The Hall–Kier alpha value is -10.2. The zero-order chi connectivity index (χ0) is 65.3. The van der Waals surface area contributed by atoms with Crippen LogP contribution in [0.5, 0.6) is 23.1 Å². The Bertz CT molecular complexity index is 4230. The molecule has 18 nitrogen and oxygen atoms in total. The highest BCUT2D eigenvalue weighted by atomic mass is 16.5. The molecule has 91 heavy (non-hydrogen) atoms. The number of fused-ring (bicyclic) bond motifs is 2. The van der Waals surface area contributed by atoms with Crippen molar-refractivity contribution in [3.05, 3.63) is 214 Å². The zero-order valence-corrected chi connectivity index (χ0v) is 53.0. The van der Waals surface area contributed by atoms with Gasteiger partial charge in [-0.1, -0.05) is 96.1 Å². The minimum absolute atomic E-state index is 0.00738. The molecule has 2 aromatic heterocycles. The van der Waals surface area contributed by atoms with E-state index in [1.807, 2.05) is 96.4 Å². The summed E-state index contributed by atoms with van der Waals surface area (Å²) in [6.07, 6.45) is 4.08. The zero-order valence-electron chi connectivity index (χ0n) is 53.0. The predicted molar refractivity (Wildman–Crippen MR) is 356 cm³/mol. The van der Waals surface area contributed by atoms with Crippen molar-refractivity contribution in [1.29, 1.82) is 0 Å². The fraction of sp³-hybridized carbons (Fsp3) is 0.250. The monoisotopic (exact) mass is 1230 g/mol. The minimum atomic E-state index is -1.55. The van der Waals surface area contributed by atoms with E-state index in [0.717, 1.165) is 66.8 Å². The summed E-state index contributed by atoms with van der Waals surface area (Å²) in [4.78, 5) is 59.6. The summed E-state index contributed by atoms with van der Waals surface area (Å²) in [7, 11) is -1.55. The molecule has 0 aliphatic carbocycles. The molecule has 0 radical (unpaired) electrons. The van der Waals surface area contributed by atoms with Gasteiger partial charge in [-0.25, -0.2) is 4.68 Å².